The fourth-order valence-electron chi connectivity index (χ4n) is 2.87. The number of para-hydroxylation sites is 1. The van der Waals surface area contributed by atoms with E-state index in [0.29, 0.717) is 9.69 Å². The number of phosphoric ester groups is 1. The predicted molar refractivity (Wildman–Crippen MR) is 105 cm³/mol. The average molecular weight is 440 g/mol. The van der Waals surface area contributed by atoms with Crippen molar-refractivity contribution in [3.05, 3.63) is 66.7 Å². The monoisotopic (exact) mass is 440 g/mol. The van der Waals surface area contributed by atoms with E-state index in [1.807, 2.05) is 0 Å². The van der Waals surface area contributed by atoms with Crippen LogP contribution in [-0.2, 0) is 4.57 Å². The van der Waals surface area contributed by atoms with Crippen LogP contribution in [0.4, 0.5) is 0 Å². The minimum Gasteiger partial charge on any atom is -0.410 e. The first-order valence-corrected chi connectivity index (χ1v) is 10.3. The second-order valence-corrected chi connectivity index (χ2v) is 7.68. The Morgan fingerprint density at radius 1 is 0.677 bits per heavy atom. The van der Waals surface area contributed by atoms with Gasteiger partial charge in [0.15, 0.2) is 22.5 Å². The van der Waals surface area contributed by atoms with Gasteiger partial charge >= 0.3 is 7.82 Å². The fourth-order valence-corrected chi connectivity index (χ4v) is 4.14. The Kier molecular flexibility index (Phi) is 4.33. The molecule has 2 heterocycles. The van der Waals surface area contributed by atoms with Crippen LogP contribution in [0.5, 0.6) is 17.2 Å². The third-order valence-corrected chi connectivity index (χ3v) is 5.50. The van der Waals surface area contributed by atoms with Crippen LogP contribution in [0.1, 0.15) is 0 Å². The van der Waals surface area contributed by atoms with Crippen LogP contribution in [0.25, 0.3) is 22.1 Å². The van der Waals surface area contributed by atoms with E-state index in [4.69, 9.17) is 13.6 Å². The quantitative estimate of drug-likeness (QED) is 0.298. The zero-order valence-corrected chi connectivity index (χ0v) is 16.4. The average Bonchev–Trinajstić information content (AvgIpc) is 3.33. The molecule has 156 valence electrons. The van der Waals surface area contributed by atoms with Crippen LogP contribution in [0.3, 0.4) is 0 Å². The molecule has 0 unspecified atom stereocenters. The molecule has 12 nitrogen and oxygen atoms in total. The molecule has 0 spiro atoms. The van der Waals surface area contributed by atoms with E-state index in [9.17, 15) is 15.0 Å². The van der Waals surface area contributed by atoms with Crippen LogP contribution in [0, 0.1) is 0 Å². The van der Waals surface area contributed by atoms with E-state index in [1.54, 1.807) is 54.6 Å². The molecule has 0 aliphatic heterocycles. The number of hydrogen-bond acceptors (Lipinski definition) is 10. The Labute approximate surface area is 173 Å². The third-order valence-electron chi connectivity index (χ3n) is 4.23. The summed E-state index contributed by atoms with van der Waals surface area (Å²) in [6.07, 6.45) is 0. The standard InChI is InChI=1S/C18H13N6O6P/c25-23-13-8-4-10-15(17(13)19-21-23)29-31(27,28-12-6-2-1-3-7-12)30-16-11-5-9-14-18(16)20-22-24(14)26/h1-11,25-26H. The van der Waals surface area contributed by atoms with E-state index < -0.39 is 7.82 Å². The summed E-state index contributed by atoms with van der Waals surface area (Å²) in [6, 6.07) is 17.5. The van der Waals surface area contributed by atoms with Crippen LogP contribution in [-0.4, -0.2) is 40.7 Å². The highest BCUT2D eigenvalue weighted by Gasteiger charge is 2.35. The number of aromatic nitrogens is 6. The molecule has 0 atom stereocenters. The summed E-state index contributed by atoms with van der Waals surface area (Å²) in [4.78, 5) is 1.12. The van der Waals surface area contributed by atoms with E-state index in [1.165, 1.54) is 12.1 Å². The van der Waals surface area contributed by atoms with Crippen molar-refractivity contribution in [3.8, 4) is 17.2 Å². The van der Waals surface area contributed by atoms with Gasteiger partial charge in [-0.05, 0) is 46.8 Å². The molecule has 0 saturated carbocycles. The number of fused-ring (bicyclic) bond motifs is 2. The van der Waals surface area contributed by atoms with Gasteiger partial charge in [-0.3, -0.25) is 0 Å². The van der Waals surface area contributed by atoms with Gasteiger partial charge in [-0.25, -0.2) is 0 Å². The number of benzene rings is 3. The van der Waals surface area contributed by atoms with E-state index >= 15 is 0 Å². The first-order valence-electron chi connectivity index (χ1n) is 8.84. The number of nitrogens with zero attached hydrogens (tertiary/aromatic N) is 6. The lowest BCUT2D eigenvalue weighted by molar-refractivity contribution is 0.154. The Hall–Kier alpha value is -4.31. The largest absolute Gasteiger partial charge is 0.647 e. The highest BCUT2D eigenvalue weighted by Crippen LogP contribution is 2.51. The zero-order valence-electron chi connectivity index (χ0n) is 15.5. The number of hydrogen-bond donors (Lipinski definition) is 2. The molecule has 0 amide bonds. The van der Waals surface area contributed by atoms with Crippen LogP contribution >= 0.6 is 7.82 Å². The molecule has 13 heteroatoms. The molecule has 5 aromatic rings. The summed E-state index contributed by atoms with van der Waals surface area (Å²) in [5, 5.41) is 34.2. The predicted octanol–water partition coefficient (Wildman–Crippen LogP) is 3.30. The Morgan fingerprint density at radius 2 is 1.19 bits per heavy atom. The SMILES string of the molecule is O=P(Oc1ccccc1)(Oc1cccc2c1nnn2O)Oc1cccc2c1nnn2O. The molecule has 0 bridgehead atoms. The lowest BCUT2D eigenvalue weighted by Gasteiger charge is -2.19. The second-order valence-electron chi connectivity index (χ2n) is 6.24. The summed E-state index contributed by atoms with van der Waals surface area (Å²) in [5.74, 6) is 0.243. The van der Waals surface area contributed by atoms with Crippen LogP contribution in [0.15, 0.2) is 66.7 Å². The third kappa shape index (κ3) is 3.45. The molecule has 0 fully saturated rings. The van der Waals surface area contributed by atoms with Gasteiger partial charge in [-0.15, -0.1) is 10.2 Å². The fraction of sp³-hybridized carbons (Fsp3) is 0. The lowest BCUT2D eigenvalue weighted by atomic mass is 10.3. The molecular formula is C18H13N6O6P. The van der Waals surface area contributed by atoms with Gasteiger partial charge in [0.25, 0.3) is 0 Å². The summed E-state index contributed by atoms with van der Waals surface area (Å²) in [7, 11) is -4.39. The topological polar surface area (TPSA) is 147 Å². The Morgan fingerprint density at radius 3 is 1.71 bits per heavy atom. The molecule has 2 aromatic heterocycles. The van der Waals surface area contributed by atoms with Crippen molar-refractivity contribution >= 4 is 29.9 Å². The molecule has 0 aliphatic carbocycles. The maximum absolute atomic E-state index is 13.7. The van der Waals surface area contributed by atoms with Crippen molar-refractivity contribution in [1.29, 1.82) is 0 Å². The van der Waals surface area contributed by atoms with Gasteiger partial charge in [0.05, 0.1) is 0 Å². The number of phosphoric acid groups is 1. The lowest BCUT2D eigenvalue weighted by Crippen LogP contribution is -2.08. The second kappa shape index (κ2) is 7.18. The summed E-state index contributed by atoms with van der Waals surface area (Å²) >= 11 is 0. The Bertz CT molecular complexity index is 1350. The van der Waals surface area contributed by atoms with Gasteiger partial charge in [0, 0.05) is 0 Å². The van der Waals surface area contributed by atoms with Gasteiger partial charge in [0.1, 0.15) is 16.8 Å². The molecule has 2 N–H and O–H groups in total. The van der Waals surface area contributed by atoms with Crippen molar-refractivity contribution in [2.24, 2.45) is 0 Å². The first kappa shape index (κ1) is 18.7. The van der Waals surface area contributed by atoms with Crippen molar-refractivity contribution in [3.63, 3.8) is 0 Å². The zero-order chi connectivity index (χ0) is 21.4. The van der Waals surface area contributed by atoms with Gasteiger partial charge < -0.3 is 24.0 Å². The molecule has 31 heavy (non-hydrogen) atoms. The first-order chi connectivity index (χ1) is 15.0. The maximum atomic E-state index is 13.7. The molecule has 0 saturated heterocycles. The molecular weight excluding hydrogens is 427 g/mol. The van der Waals surface area contributed by atoms with Crippen molar-refractivity contribution < 1.29 is 28.6 Å². The summed E-state index contributed by atoms with van der Waals surface area (Å²) in [5.41, 5.74) is 0.748. The van der Waals surface area contributed by atoms with E-state index in [2.05, 4.69) is 20.6 Å². The smallest absolute Gasteiger partial charge is 0.410 e. The van der Waals surface area contributed by atoms with Crippen molar-refractivity contribution in [2.45, 2.75) is 0 Å². The maximum Gasteiger partial charge on any atom is 0.647 e. The van der Waals surface area contributed by atoms with Crippen LogP contribution in [0.2, 0.25) is 0 Å². The van der Waals surface area contributed by atoms with Crippen molar-refractivity contribution in [2.75, 3.05) is 0 Å². The molecule has 0 aliphatic rings. The van der Waals surface area contributed by atoms with E-state index in [0.717, 1.165) is 0 Å². The number of rotatable bonds is 6. The van der Waals surface area contributed by atoms with Crippen molar-refractivity contribution in [1.82, 2.24) is 30.3 Å². The van der Waals surface area contributed by atoms with E-state index in [-0.39, 0.29) is 39.3 Å². The molecule has 0 radical (unpaired) electrons. The summed E-state index contributed by atoms with van der Waals surface area (Å²) in [6.45, 7) is 0. The minimum atomic E-state index is -4.39. The Balaban J connectivity index is 1.58. The highest BCUT2D eigenvalue weighted by atomic mass is 31.2. The van der Waals surface area contributed by atoms with Gasteiger partial charge in [-0.1, -0.05) is 40.0 Å². The highest BCUT2D eigenvalue weighted by molar-refractivity contribution is 7.49. The summed E-state index contributed by atoms with van der Waals surface area (Å²) < 4.78 is 30.6. The van der Waals surface area contributed by atoms with Gasteiger partial charge in [0.2, 0.25) is 0 Å². The molecule has 5 rings (SSSR count). The minimum absolute atomic E-state index is 0.00931. The normalized spacial score (nSPS) is 11.6. The molecule has 3 aromatic carbocycles. The van der Waals surface area contributed by atoms with Gasteiger partial charge in [-0.2, -0.15) is 4.57 Å². The van der Waals surface area contributed by atoms with Crippen LogP contribution < -0.4 is 13.6 Å².